The zero-order chi connectivity index (χ0) is 29.8. The third-order valence-electron chi connectivity index (χ3n) is 5.79. The number of ether oxygens (including phenoxy) is 4. The van der Waals surface area contributed by atoms with Crippen molar-refractivity contribution in [1.82, 2.24) is 10.7 Å². The zero-order valence-corrected chi connectivity index (χ0v) is 23.7. The Kier molecular flexibility index (Phi) is 11.1. The molecule has 0 radical (unpaired) electrons. The van der Waals surface area contributed by atoms with Gasteiger partial charge in [0.2, 0.25) is 0 Å². The van der Waals surface area contributed by atoms with Gasteiger partial charge in [-0.25, -0.2) is 5.43 Å². The van der Waals surface area contributed by atoms with Crippen molar-refractivity contribution >= 4 is 29.6 Å². The molecule has 0 saturated carbocycles. The molecule has 0 aliphatic rings. The number of carbonyl (C=O) groups is 3. The molecule has 0 aromatic heterocycles. The summed E-state index contributed by atoms with van der Waals surface area (Å²) in [6, 6.07) is 16.1. The van der Waals surface area contributed by atoms with Crippen LogP contribution >= 0.6 is 0 Å². The molecule has 3 N–H and O–H groups in total. The molecule has 0 heterocycles. The number of nitrogens with zero attached hydrogens (tertiary/aromatic N) is 1. The molecule has 0 aliphatic heterocycles. The highest BCUT2D eigenvalue weighted by atomic mass is 16.5. The number of rotatable bonds is 12. The highest BCUT2D eigenvalue weighted by Crippen LogP contribution is 2.28. The number of methoxy groups -OCH3 is 3. The minimum Gasteiger partial charge on any atom is -0.493 e. The quantitative estimate of drug-likeness (QED) is 0.175. The minimum absolute atomic E-state index is 0.214. The van der Waals surface area contributed by atoms with E-state index in [4.69, 9.17) is 18.9 Å². The summed E-state index contributed by atoms with van der Waals surface area (Å²) in [6.45, 7) is 3.94. The zero-order valence-electron chi connectivity index (χ0n) is 23.7. The number of carbonyl (C=O) groups excluding carboxylic acids is 3. The third kappa shape index (κ3) is 9.27. The van der Waals surface area contributed by atoms with Crippen LogP contribution in [0.3, 0.4) is 0 Å². The summed E-state index contributed by atoms with van der Waals surface area (Å²) in [5.74, 6) is -0.122. The van der Waals surface area contributed by atoms with Gasteiger partial charge in [0, 0.05) is 12.2 Å². The Labute approximate surface area is 238 Å². The highest BCUT2D eigenvalue weighted by Gasteiger charge is 2.13. The average molecular weight is 563 g/mol. The molecular weight excluding hydrogens is 528 g/mol. The number of hydrogen-bond donors (Lipinski definition) is 3. The molecule has 3 aromatic carbocycles. The first-order valence-electron chi connectivity index (χ1n) is 12.7. The highest BCUT2D eigenvalue weighted by molar-refractivity contribution is 6.35. The molecule has 0 fully saturated rings. The van der Waals surface area contributed by atoms with E-state index in [0.717, 1.165) is 16.7 Å². The van der Waals surface area contributed by atoms with Gasteiger partial charge in [-0.3, -0.25) is 14.4 Å². The Morgan fingerprint density at radius 3 is 2.12 bits per heavy atom. The second-order valence-corrected chi connectivity index (χ2v) is 9.02. The standard InChI is InChI=1S/C30H34N4O7/c1-19-12-20(2)14-23(13-19)33-28(35)18-41-25-9-7-22(16-27(25)40-5)17-32-34-30(37)29(36)31-11-10-21-6-8-24(38-3)26(15-21)39-4/h6-9,12-17H,10-11,18H2,1-5H3,(H,31,36)(H,33,35)(H,34,37)/b32-17-. The first-order valence-corrected chi connectivity index (χ1v) is 12.7. The SMILES string of the molecule is COc1ccc(CCNC(=O)C(=O)N/N=C\c2ccc(OCC(=O)Nc3cc(C)cc(C)c3)c(OC)c2)cc1OC. The van der Waals surface area contributed by atoms with Crippen molar-refractivity contribution in [2.24, 2.45) is 5.10 Å². The second kappa shape index (κ2) is 14.9. The van der Waals surface area contributed by atoms with Crippen LogP contribution in [0.15, 0.2) is 59.7 Å². The van der Waals surface area contributed by atoms with Gasteiger partial charge in [-0.2, -0.15) is 5.10 Å². The van der Waals surface area contributed by atoms with E-state index >= 15 is 0 Å². The lowest BCUT2D eigenvalue weighted by molar-refractivity contribution is -0.139. The van der Waals surface area contributed by atoms with Crippen molar-refractivity contribution in [3.63, 3.8) is 0 Å². The summed E-state index contributed by atoms with van der Waals surface area (Å²) in [6.07, 6.45) is 1.85. The fourth-order valence-corrected chi connectivity index (χ4v) is 3.92. The van der Waals surface area contributed by atoms with Gasteiger partial charge < -0.3 is 29.6 Å². The fourth-order valence-electron chi connectivity index (χ4n) is 3.92. The van der Waals surface area contributed by atoms with Crippen molar-refractivity contribution < 1.29 is 33.3 Å². The van der Waals surface area contributed by atoms with Crippen molar-refractivity contribution in [3.8, 4) is 23.0 Å². The lowest BCUT2D eigenvalue weighted by Crippen LogP contribution is -2.38. The maximum absolute atomic E-state index is 12.3. The van der Waals surface area contributed by atoms with Gasteiger partial charge >= 0.3 is 11.8 Å². The predicted molar refractivity (Wildman–Crippen MR) is 155 cm³/mol. The van der Waals surface area contributed by atoms with Crippen LogP contribution in [0.2, 0.25) is 0 Å². The van der Waals surface area contributed by atoms with E-state index in [1.165, 1.54) is 13.3 Å². The maximum Gasteiger partial charge on any atom is 0.329 e. The maximum atomic E-state index is 12.3. The Morgan fingerprint density at radius 2 is 1.44 bits per heavy atom. The van der Waals surface area contributed by atoms with E-state index in [-0.39, 0.29) is 19.1 Å². The number of benzene rings is 3. The van der Waals surface area contributed by atoms with Gasteiger partial charge in [0.15, 0.2) is 29.6 Å². The number of hydrogen-bond acceptors (Lipinski definition) is 8. The van der Waals surface area contributed by atoms with E-state index in [9.17, 15) is 14.4 Å². The van der Waals surface area contributed by atoms with Gasteiger partial charge in [0.05, 0.1) is 27.5 Å². The van der Waals surface area contributed by atoms with Crippen LogP contribution < -0.4 is 35.0 Å². The topological polar surface area (TPSA) is 137 Å². The summed E-state index contributed by atoms with van der Waals surface area (Å²) in [5, 5.41) is 9.20. The number of amides is 3. The predicted octanol–water partition coefficient (Wildman–Crippen LogP) is 3.16. The molecule has 0 atom stereocenters. The van der Waals surface area contributed by atoms with Gasteiger partial charge in [-0.05, 0) is 85.0 Å². The molecule has 0 saturated heterocycles. The lowest BCUT2D eigenvalue weighted by atomic mass is 10.1. The van der Waals surface area contributed by atoms with Crippen LogP contribution in [0, 0.1) is 13.8 Å². The normalized spacial score (nSPS) is 10.6. The van der Waals surface area contributed by atoms with Crippen LogP contribution in [0.25, 0.3) is 0 Å². The molecule has 216 valence electrons. The van der Waals surface area contributed by atoms with Crippen molar-refractivity contribution in [2.45, 2.75) is 20.3 Å². The third-order valence-corrected chi connectivity index (χ3v) is 5.79. The Balaban J connectivity index is 1.46. The van der Waals surface area contributed by atoms with Gasteiger partial charge in [-0.15, -0.1) is 0 Å². The average Bonchev–Trinajstić information content (AvgIpc) is 2.95. The monoisotopic (exact) mass is 562 g/mol. The van der Waals surface area contributed by atoms with Crippen LogP contribution in [0.5, 0.6) is 23.0 Å². The van der Waals surface area contributed by atoms with Crippen molar-refractivity contribution in [3.05, 3.63) is 76.9 Å². The van der Waals surface area contributed by atoms with E-state index in [0.29, 0.717) is 40.7 Å². The van der Waals surface area contributed by atoms with Crippen LogP contribution in [0.4, 0.5) is 5.69 Å². The molecule has 0 unspecified atom stereocenters. The van der Waals surface area contributed by atoms with Crippen molar-refractivity contribution in [1.29, 1.82) is 0 Å². The van der Waals surface area contributed by atoms with Crippen LogP contribution in [0.1, 0.15) is 22.3 Å². The number of nitrogens with one attached hydrogen (secondary N) is 3. The Hall–Kier alpha value is -5.06. The largest absolute Gasteiger partial charge is 0.493 e. The van der Waals surface area contributed by atoms with Crippen molar-refractivity contribution in [2.75, 3.05) is 39.8 Å². The lowest BCUT2D eigenvalue weighted by Gasteiger charge is -2.12. The second-order valence-electron chi connectivity index (χ2n) is 9.02. The van der Waals surface area contributed by atoms with Gasteiger partial charge in [-0.1, -0.05) is 12.1 Å². The number of aryl methyl sites for hydroxylation is 2. The van der Waals surface area contributed by atoms with Crippen LogP contribution in [-0.2, 0) is 20.8 Å². The summed E-state index contributed by atoms with van der Waals surface area (Å²) in [7, 11) is 4.56. The Morgan fingerprint density at radius 1 is 0.780 bits per heavy atom. The molecular formula is C30H34N4O7. The minimum atomic E-state index is -0.907. The molecule has 41 heavy (non-hydrogen) atoms. The molecule has 3 amide bonds. The molecule has 3 aromatic rings. The number of hydrazone groups is 1. The van der Waals surface area contributed by atoms with Gasteiger partial charge in [0.25, 0.3) is 5.91 Å². The molecule has 0 bridgehead atoms. The first-order chi connectivity index (χ1) is 19.7. The summed E-state index contributed by atoms with van der Waals surface area (Å²) in [4.78, 5) is 36.5. The molecule has 0 spiro atoms. The van der Waals surface area contributed by atoms with E-state index in [1.54, 1.807) is 44.6 Å². The van der Waals surface area contributed by atoms with Crippen LogP contribution in [-0.4, -0.2) is 58.4 Å². The fraction of sp³-hybridized carbons (Fsp3) is 0.267. The molecule has 11 nitrogen and oxygen atoms in total. The Bertz CT molecular complexity index is 1400. The van der Waals surface area contributed by atoms with E-state index in [2.05, 4.69) is 21.2 Å². The van der Waals surface area contributed by atoms with Gasteiger partial charge in [0.1, 0.15) is 0 Å². The summed E-state index contributed by atoms with van der Waals surface area (Å²) in [5.41, 5.74) is 6.46. The first kappa shape index (κ1) is 30.5. The summed E-state index contributed by atoms with van der Waals surface area (Å²) < 4.78 is 21.5. The number of anilines is 1. The summed E-state index contributed by atoms with van der Waals surface area (Å²) >= 11 is 0. The van der Waals surface area contributed by atoms with E-state index in [1.807, 2.05) is 38.1 Å². The smallest absolute Gasteiger partial charge is 0.329 e. The molecule has 3 rings (SSSR count). The molecule has 11 heteroatoms. The molecule has 0 aliphatic carbocycles. The van der Waals surface area contributed by atoms with E-state index < -0.39 is 11.8 Å².